The van der Waals surface area contributed by atoms with Crippen LogP contribution in [0.15, 0.2) is 218 Å². The second-order valence-electron chi connectivity index (χ2n) is 17.4. The van der Waals surface area contributed by atoms with Crippen LogP contribution >= 0.6 is 0 Å². The molecule has 0 N–H and O–H groups in total. The number of rotatable bonds is 9. The molecule has 0 unspecified atom stereocenters. The molecule has 0 aliphatic carbocycles. The van der Waals surface area contributed by atoms with Crippen LogP contribution in [0.4, 0.5) is 17.1 Å². The fourth-order valence-electron chi connectivity index (χ4n) is 9.57. The maximum Gasteiger partial charge on any atom is 0.160 e. The average molecular weight is 849 g/mol. The predicted molar refractivity (Wildman–Crippen MR) is 277 cm³/mol. The first-order chi connectivity index (χ1) is 32.3. The third kappa shape index (κ3) is 7.63. The van der Waals surface area contributed by atoms with E-state index in [1.807, 2.05) is 0 Å². The van der Waals surface area contributed by atoms with Gasteiger partial charge in [-0.1, -0.05) is 151 Å². The maximum atomic E-state index is 5.09. The van der Waals surface area contributed by atoms with Gasteiger partial charge in [-0.05, 0) is 140 Å². The van der Waals surface area contributed by atoms with E-state index in [0.29, 0.717) is 0 Å². The van der Waals surface area contributed by atoms with Crippen molar-refractivity contribution in [2.45, 2.75) is 27.7 Å². The normalized spacial score (nSPS) is 11.3. The topological polar surface area (TPSA) is 34.0 Å². The Morgan fingerprint density at radius 2 is 0.833 bits per heavy atom. The summed E-state index contributed by atoms with van der Waals surface area (Å²) in [5, 5.41) is 2.46. The van der Waals surface area contributed by atoms with Crippen molar-refractivity contribution in [3.8, 4) is 61.8 Å². The molecule has 0 bridgehead atoms. The average Bonchev–Trinajstić information content (AvgIpc) is 3.67. The molecule has 0 amide bonds. The molecule has 0 spiro atoms. The number of aromatic nitrogens is 3. The van der Waals surface area contributed by atoms with E-state index in [2.05, 4.69) is 256 Å². The van der Waals surface area contributed by atoms with Crippen LogP contribution < -0.4 is 4.90 Å². The summed E-state index contributed by atoms with van der Waals surface area (Å²) in [6, 6.07) is 78.3. The summed E-state index contributed by atoms with van der Waals surface area (Å²) in [7, 11) is 0. The van der Waals surface area contributed by atoms with Crippen LogP contribution in [-0.4, -0.2) is 14.5 Å². The number of fused-ring (bicyclic) bond motifs is 3. The van der Waals surface area contributed by atoms with Crippen molar-refractivity contribution in [1.29, 1.82) is 0 Å². The number of hydrogen-bond donors (Lipinski definition) is 0. The van der Waals surface area contributed by atoms with E-state index >= 15 is 0 Å². The Morgan fingerprint density at radius 3 is 1.44 bits per heavy atom. The zero-order valence-corrected chi connectivity index (χ0v) is 37.6. The number of para-hydroxylation sites is 3. The Labute approximate surface area is 386 Å². The number of aryl methyl sites for hydroxylation is 4. The van der Waals surface area contributed by atoms with E-state index in [1.54, 1.807) is 0 Å². The number of nitrogens with zero attached hydrogens (tertiary/aromatic N) is 4. The number of benzene rings is 9. The summed E-state index contributed by atoms with van der Waals surface area (Å²) in [5.41, 5.74) is 21.5. The van der Waals surface area contributed by atoms with Crippen LogP contribution in [0.25, 0.3) is 83.6 Å². The molecule has 0 saturated heterocycles. The molecule has 0 radical (unpaired) electrons. The molecule has 11 rings (SSSR count). The first kappa shape index (κ1) is 40.4. The van der Waals surface area contributed by atoms with Crippen molar-refractivity contribution in [3.05, 3.63) is 241 Å². The van der Waals surface area contributed by atoms with Crippen molar-refractivity contribution >= 4 is 38.9 Å². The molecule has 9 aromatic carbocycles. The SMILES string of the molecule is Cc1cccc(-c2cc(-c3ccc(-c4ccc(-c5cc(C)c(-n6c7ccccc7c7cc(N(c8ccccc8)c8ccccc8)ccc76)c(C)c5)cc4)cc3)nc(-c3cccc(C)c3)n2)c1. The minimum Gasteiger partial charge on any atom is -0.310 e. The van der Waals surface area contributed by atoms with Crippen molar-refractivity contribution in [2.24, 2.45) is 0 Å². The van der Waals surface area contributed by atoms with Gasteiger partial charge in [0.05, 0.1) is 28.1 Å². The highest BCUT2D eigenvalue weighted by Gasteiger charge is 2.20. The second-order valence-corrected chi connectivity index (χ2v) is 17.4. The Morgan fingerprint density at radius 1 is 0.333 bits per heavy atom. The lowest BCUT2D eigenvalue weighted by Crippen LogP contribution is -2.09. The molecule has 4 nitrogen and oxygen atoms in total. The zero-order valence-electron chi connectivity index (χ0n) is 37.6. The van der Waals surface area contributed by atoms with Crippen molar-refractivity contribution < 1.29 is 0 Å². The molecule has 2 heterocycles. The fraction of sp³-hybridized carbons (Fsp3) is 0.0645. The summed E-state index contributed by atoms with van der Waals surface area (Å²) < 4.78 is 2.46. The quantitative estimate of drug-likeness (QED) is 0.145. The molecule has 4 heteroatoms. The van der Waals surface area contributed by atoms with Crippen LogP contribution in [-0.2, 0) is 0 Å². The summed E-state index contributed by atoms with van der Waals surface area (Å²) >= 11 is 0. The van der Waals surface area contributed by atoms with E-state index in [-0.39, 0.29) is 0 Å². The fourth-order valence-corrected chi connectivity index (χ4v) is 9.57. The van der Waals surface area contributed by atoms with Gasteiger partial charge >= 0.3 is 0 Å². The van der Waals surface area contributed by atoms with E-state index in [1.165, 1.54) is 66.4 Å². The first-order valence-electron chi connectivity index (χ1n) is 22.6. The molecule has 0 aliphatic heterocycles. The van der Waals surface area contributed by atoms with Gasteiger partial charge in [0.25, 0.3) is 0 Å². The van der Waals surface area contributed by atoms with Gasteiger partial charge in [0.15, 0.2) is 5.82 Å². The van der Waals surface area contributed by atoms with Gasteiger partial charge in [0, 0.05) is 44.5 Å². The molecule has 0 fully saturated rings. The Hall–Kier alpha value is -8.34. The standard InChI is InChI=1S/C62H48N4/c1-41-15-13-17-49(35-41)58-40-57(63-62(64-58)50-18-14-16-42(2)36-50)48-31-29-46(30-32-48)45-25-27-47(28-26-45)51-37-43(3)61(44(4)38-51)66-59-24-12-11-23-55(59)56-39-54(33-34-60(56)66)65(52-19-7-5-8-20-52)53-21-9-6-10-22-53/h5-40H,1-4H3. The van der Waals surface area contributed by atoms with Crippen molar-refractivity contribution in [3.63, 3.8) is 0 Å². The minimum atomic E-state index is 0.727. The molecular formula is C62H48N4. The summed E-state index contributed by atoms with van der Waals surface area (Å²) in [4.78, 5) is 12.5. The largest absolute Gasteiger partial charge is 0.310 e. The summed E-state index contributed by atoms with van der Waals surface area (Å²) in [6.07, 6.45) is 0. The highest BCUT2D eigenvalue weighted by molar-refractivity contribution is 6.11. The summed E-state index contributed by atoms with van der Waals surface area (Å²) in [5.74, 6) is 0.727. The molecule has 11 aromatic rings. The van der Waals surface area contributed by atoms with E-state index in [9.17, 15) is 0 Å². The van der Waals surface area contributed by atoms with Crippen LogP contribution in [0.2, 0.25) is 0 Å². The first-order valence-corrected chi connectivity index (χ1v) is 22.6. The Balaban J connectivity index is 0.902. The Bertz CT molecular complexity index is 3430. The molecule has 2 aromatic heterocycles. The lowest BCUT2D eigenvalue weighted by molar-refractivity contribution is 1.12. The molecular weight excluding hydrogens is 801 g/mol. The highest BCUT2D eigenvalue weighted by Crippen LogP contribution is 2.41. The lowest BCUT2D eigenvalue weighted by Gasteiger charge is -2.25. The molecule has 0 aliphatic rings. The van der Waals surface area contributed by atoms with E-state index < -0.39 is 0 Å². The zero-order chi connectivity index (χ0) is 44.7. The van der Waals surface area contributed by atoms with E-state index in [0.717, 1.165) is 56.5 Å². The monoisotopic (exact) mass is 848 g/mol. The molecule has 0 atom stereocenters. The van der Waals surface area contributed by atoms with Gasteiger partial charge in [0.1, 0.15) is 0 Å². The van der Waals surface area contributed by atoms with Gasteiger partial charge < -0.3 is 9.47 Å². The minimum absolute atomic E-state index is 0.727. The van der Waals surface area contributed by atoms with Crippen molar-refractivity contribution in [1.82, 2.24) is 14.5 Å². The van der Waals surface area contributed by atoms with Crippen LogP contribution in [0.3, 0.4) is 0 Å². The number of anilines is 3. The third-order valence-electron chi connectivity index (χ3n) is 12.7. The van der Waals surface area contributed by atoms with Crippen LogP contribution in [0.1, 0.15) is 22.3 Å². The highest BCUT2D eigenvalue weighted by atomic mass is 15.1. The molecule has 0 saturated carbocycles. The maximum absolute atomic E-state index is 5.09. The smallest absolute Gasteiger partial charge is 0.160 e. The summed E-state index contributed by atoms with van der Waals surface area (Å²) in [6.45, 7) is 8.71. The van der Waals surface area contributed by atoms with Gasteiger partial charge in [-0.15, -0.1) is 0 Å². The van der Waals surface area contributed by atoms with Gasteiger partial charge in [-0.3, -0.25) is 0 Å². The van der Waals surface area contributed by atoms with Crippen LogP contribution in [0.5, 0.6) is 0 Å². The predicted octanol–water partition coefficient (Wildman–Crippen LogP) is 16.6. The lowest BCUT2D eigenvalue weighted by atomic mass is 9.96. The second kappa shape index (κ2) is 17.0. The van der Waals surface area contributed by atoms with Gasteiger partial charge in [0.2, 0.25) is 0 Å². The van der Waals surface area contributed by atoms with Crippen LogP contribution in [0, 0.1) is 27.7 Å². The third-order valence-corrected chi connectivity index (χ3v) is 12.7. The van der Waals surface area contributed by atoms with Gasteiger partial charge in [-0.2, -0.15) is 0 Å². The van der Waals surface area contributed by atoms with E-state index in [4.69, 9.17) is 9.97 Å². The van der Waals surface area contributed by atoms with Gasteiger partial charge in [-0.25, -0.2) is 9.97 Å². The Kier molecular flexibility index (Phi) is 10.4. The molecule has 66 heavy (non-hydrogen) atoms. The number of hydrogen-bond acceptors (Lipinski definition) is 3. The molecule has 316 valence electrons. The van der Waals surface area contributed by atoms with Crippen molar-refractivity contribution in [2.75, 3.05) is 4.90 Å².